The lowest BCUT2D eigenvalue weighted by atomic mass is 10.3. The Morgan fingerprint density at radius 2 is 1.86 bits per heavy atom. The predicted molar refractivity (Wildman–Crippen MR) is 110 cm³/mol. The van der Waals surface area contributed by atoms with Crippen molar-refractivity contribution in [2.45, 2.75) is 30.4 Å². The molecule has 8 nitrogen and oxygen atoms in total. The van der Waals surface area contributed by atoms with Gasteiger partial charge < -0.3 is 9.73 Å². The van der Waals surface area contributed by atoms with Crippen LogP contribution in [0.4, 0.5) is 5.69 Å². The molecule has 29 heavy (non-hydrogen) atoms. The third-order valence-electron chi connectivity index (χ3n) is 3.74. The molecule has 3 rings (SSSR count). The lowest BCUT2D eigenvalue weighted by molar-refractivity contribution is -0.113. The Labute approximate surface area is 173 Å². The first-order chi connectivity index (χ1) is 13.8. The zero-order chi connectivity index (χ0) is 20.9. The van der Waals surface area contributed by atoms with E-state index in [4.69, 9.17) is 4.42 Å². The van der Waals surface area contributed by atoms with Crippen LogP contribution >= 0.6 is 11.8 Å². The number of nitrogens with zero attached hydrogens (tertiary/aromatic N) is 2. The quantitative estimate of drug-likeness (QED) is 0.415. The number of aromatic nitrogens is 2. The topological polar surface area (TPSA) is 114 Å². The normalized spacial score (nSPS) is 11.4. The molecule has 0 atom stereocenters. The Kier molecular flexibility index (Phi) is 6.68. The van der Waals surface area contributed by atoms with Gasteiger partial charge in [-0.2, -0.15) is 0 Å². The summed E-state index contributed by atoms with van der Waals surface area (Å²) in [5.41, 5.74) is 2.05. The van der Waals surface area contributed by atoms with E-state index in [9.17, 15) is 13.2 Å². The van der Waals surface area contributed by atoms with E-state index in [0.717, 1.165) is 11.4 Å². The number of furan rings is 1. The molecule has 152 valence electrons. The highest BCUT2D eigenvalue weighted by Crippen LogP contribution is 2.18. The number of nitrogens with one attached hydrogen (secondary N) is 2. The lowest BCUT2D eigenvalue weighted by Crippen LogP contribution is -2.23. The van der Waals surface area contributed by atoms with E-state index in [-0.39, 0.29) is 23.1 Å². The summed E-state index contributed by atoms with van der Waals surface area (Å²) in [6.45, 7) is 3.77. The van der Waals surface area contributed by atoms with Gasteiger partial charge in [0.1, 0.15) is 5.76 Å². The number of anilines is 1. The van der Waals surface area contributed by atoms with Gasteiger partial charge in [0, 0.05) is 17.1 Å². The van der Waals surface area contributed by atoms with E-state index in [1.165, 1.54) is 30.2 Å². The van der Waals surface area contributed by atoms with E-state index in [2.05, 4.69) is 20.0 Å². The Balaban J connectivity index is 1.60. The lowest BCUT2D eigenvalue weighted by Gasteiger charge is -2.09. The second-order valence-electron chi connectivity index (χ2n) is 6.20. The number of thioether (sulfide) groups is 1. The molecule has 0 aliphatic carbocycles. The fraction of sp³-hybridized carbons (Fsp3) is 0.211. The van der Waals surface area contributed by atoms with Gasteiger partial charge in [0.05, 0.1) is 23.5 Å². The number of benzene rings is 1. The van der Waals surface area contributed by atoms with Gasteiger partial charge in [-0.3, -0.25) is 4.79 Å². The van der Waals surface area contributed by atoms with Gasteiger partial charge in [0.25, 0.3) is 0 Å². The fourth-order valence-electron chi connectivity index (χ4n) is 2.49. The van der Waals surface area contributed by atoms with Crippen molar-refractivity contribution in [3.63, 3.8) is 0 Å². The monoisotopic (exact) mass is 432 g/mol. The molecule has 1 aromatic carbocycles. The molecule has 0 radical (unpaired) electrons. The van der Waals surface area contributed by atoms with Crippen molar-refractivity contribution in [2.75, 3.05) is 11.1 Å². The fourth-order valence-corrected chi connectivity index (χ4v) is 4.28. The van der Waals surface area contributed by atoms with Crippen molar-refractivity contribution in [1.82, 2.24) is 14.7 Å². The number of aryl methyl sites for hydroxylation is 2. The molecule has 0 fully saturated rings. The summed E-state index contributed by atoms with van der Waals surface area (Å²) < 4.78 is 32.5. The number of carbonyl (C=O) groups excluding carboxylic acids is 1. The summed E-state index contributed by atoms with van der Waals surface area (Å²) in [7, 11) is -3.75. The standard InChI is InChI=1S/C19H20N4O4S2/c1-13-9-14(2)22-19(21-13)28-12-18(24)23-15-5-3-7-17(10-15)29(25,26)20-11-16-6-4-8-27-16/h3-10,20H,11-12H2,1-2H3,(H,23,24). The van der Waals surface area contributed by atoms with Crippen LogP contribution in [-0.2, 0) is 21.4 Å². The molecule has 0 bridgehead atoms. The maximum atomic E-state index is 12.5. The highest BCUT2D eigenvalue weighted by Gasteiger charge is 2.15. The van der Waals surface area contributed by atoms with Crippen LogP contribution in [0.2, 0.25) is 0 Å². The molecule has 1 amide bonds. The second kappa shape index (κ2) is 9.21. The summed E-state index contributed by atoms with van der Waals surface area (Å²) in [5.74, 6) is 0.330. The van der Waals surface area contributed by atoms with E-state index < -0.39 is 10.0 Å². The zero-order valence-corrected chi connectivity index (χ0v) is 17.5. The van der Waals surface area contributed by atoms with Crippen LogP contribution in [0.25, 0.3) is 0 Å². The number of rotatable bonds is 8. The van der Waals surface area contributed by atoms with Crippen molar-refractivity contribution >= 4 is 33.4 Å². The SMILES string of the molecule is Cc1cc(C)nc(SCC(=O)Nc2cccc(S(=O)(=O)NCc3ccco3)c2)n1. The Morgan fingerprint density at radius 1 is 1.10 bits per heavy atom. The van der Waals surface area contributed by atoms with Crippen molar-refractivity contribution in [2.24, 2.45) is 0 Å². The molecule has 2 heterocycles. The second-order valence-corrected chi connectivity index (χ2v) is 8.91. The van der Waals surface area contributed by atoms with Gasteiger partial charge in [0.15, 0.2) is 5.16 Å². The molecule has 10 heteroatoms. The smallest absolute Gasteiger partial charge is 0.241 e. The minimum absolute atomic E-state index is 0.0401. The first-order valence-electron chi connectivity index (χ1n) is 8.69. The van der Waals surface area contributed by atoms with Gasteiger partial charge in [-0.1, -0.05) is 17.8 Å². The first-order valence-corrected chi connectivity index (χ1v) is 11.2. The van der Waals surface area contributed by atoms with Crippen LogP contribution < -0.4 is 10.0 Å². The third-order valence-corrected chi connectivity index (χ3v) is 5.98. The molecular formula is C19H20N4O4S2. The van der Waals surface area contributed by atoms with E-state index in [0.29, 0.717) is 16.6 Å². The average Bonchev–Trinajstić information content (AvgIpc) is 3.18. The molecule has 2 aromatic heterocycles. The predicted octanol–water partition coefficient (Wildman–Crippen LogP) is 2.90. The van der Waals surface area contributed by atoms with Gasteiger partial charge in [-0.15, -0.1) is 0 Å². The Bertz CT molecular complexity index is 1080. The van der Waals surface area contributed by atoms with Crippen LogP contribution in [0.1, 0.15) is 17.1 Å². The Morgan fingerprint density at radius 3 is 2.55 bits per heavy atom. The van der Waals surface area contributed by atoms with Gasteiger partial charge in [-0.25, -0.2) is 23.1 Å². The average molecular weight is 433 g/mol. The molecule has 0 saturated carbocycles. The molecule has 3 aromatic rings. The minimum Gasteiger partial charge on any atom is -0.468 e. The van der Waals surface area contributed by atoms with Crippen molar-refractivity contribution in [3.05, 3.63) is 65.9 Å². The third kappa shape index (κ3) is 6.14. The molecule has 0 saturated heterocycles. The summed E-state index contributed by atoms with van der Waals surface area (Å²) in [6, 6.07) is 11.3. The molecule has 2 N–H and O–H groups in total. The first kappa shape index (κ1) is 21.0. The summed E-state index contributed by atoms with van der Waals surface area (Å²) in [5, 5.41) is 3.22. The van der Waals surface area contributed by atoms with E-state index in [1.807, 2.05) is 19.9 Å². The zero-order valence-electron chi connectivity index (χ0n) is 15.9. The molecular weight excluding hydrogens is 412 g/mol. The van der Waals surface area contributed by atoms with E-state index >= 15 is 0 Å². The summed E-state index contributed by atoms with van der Waals surface area (Å²) in [4.78, 5) is 20.8. The van der Waals surface area contributed by atoms with Crippen molar-refractivity contribution in [3.8, 4) is 0 Å². The molecule has 0 aliphatic rings. The highest BCUT2D eigenvalue weighted by molar-refractivity contribution is 7.99. The number of sulfonamides is 1. The van der Waals surface area contributed by atoms with Crippen LogP contribution in [0.15, 0.2) is 63.2 Å². The number of amides is 1. The number of hydrogen-bond donors (Lipinski definition) is 2. The molecule has 0 spiro atoms. The number of hydrogen-bond acceptors (Lipinski definition) is 7. The van der Waals surface area contributed by atoms with Crippen molar-refractivity contribution < 1.29 is 17.6 Å². The summed E-state index contributed by atoms with van der Waals surface area (Å²) in [6.07, 6.45) is 1.47. The van der Waals surface area contributed by atoms with E-state index in [1.54, 1.807) is 24.3 Å². The largest absolute Gasteiger partial charge is 0.468 e. The van der Waals surface area contributed by atoms with Gasteiger partial charge in [0.2, 0.25) is 15.9 Å². The van der Waals surface area contributed by atoms with Crippen molar-refractivity contribution in [1.29, 1.82) is 0 Å². The van der Waals surface area contributed by atoms with Crippen LogP contribution in [0.3, 0.4) is 0 Å². The molecule has 0 unspecified atom stereocenters. The van der Waals surface area contributed by atoms with Crippen LogP contribution in [0.5, 0.6) is 0 Å². The highest BCUT2D eigenvalue weighted by atomic mass is 32.2. The Hall–Kier alpha value is -2.69. The van der Waals surface area contributed by atoms with Crippen LogP contribution in [0, 0.1) is 13.8 Å². The minimum atomic E-state index is -3.75. The molecule has 0 aliphatic heterocycles. The maximum Gasteiger partial charge on any atom is 0.241 e. The maximum absolute atomic E-state index is 12.5. The van der Waals surface area contributed by atoms with Crippen LogP contribution in [-0.4, -0.2) is 30.0 Å². The van der Waals surface area contributed by atoms with Gasteiger partial charge in [-0.05, 0) is 50.2 Å². The van der Waals surface area contributed by atoms with Gasteiger partial charge >= 0.3 is 0 Å². The summed E-state index contributed by atoms with van der Waals surface area (Å²) >= 11 is 1.22. The number of carbonyl (C=O) groups is 1.